The molecule has 0 aromatic heterocycles. The minimum Gasteiger partial charge on any atom is -0.456 e. The van der Waals surface area contributed by atoms with E-state index in [0.717, 1.165) is 22.6 Å². The van der Waals surface area contributed by atoms with Gasteiger partial charge < -0.3 is 4.74 Å². The SMILES string of the molecule is S=C1Cc2ccccc2[C]=C1Oc1ccccc1. The van der Waals surface area contributed by atoms with Gasteiger partial charge in [0.05, 0.1) is 4.86 Å². The van der Waals surface area contributed by atoms with E-state index >= 15 is 0 Å². The molecule has 1 radical (unpaired) electrons. The highest BCUT2D eigenvalue weighted by Crippen LogP contribution is 2.23. The number of thiocarbonyl (C=S) groups is 1. The molecule has 2 aromatic carbocycles. The summed E-state index contributed by atoms with van der Waals surface area (Å²) in [4.78, 5) is 0.803. The van der Waals surface area contributed by atoms with E-state index in [9.17, 15) is 0 Å². The van der Waals surface area contributed by atoms with Crippen LogP contribution in [0.25, 0.3) is 0 Å². The van der Waals surface area contributed by atoms with Gasteiger partial charge in [-0.15, -0.1) is 0 Å². The first-order valence-corrected chi connectivity index (χ1v) is 6.22. The molecule has 0 aliphatic heterocycles. The molecule has 0 N–H and O–H groups in total. The maximum Gasteiger partial charge on any atom is 0.150 e. The molecule has 0 fully saturated rings. The number of ether oxygens (including phenoxy) is 1. The molecule has 2 heteroatoms. The summed E-state index contributed by atoms with van der Waals surface area (Å²) in [6.07, 6.45) is 4.00. The first-order valence-electron chi connectivity index (χ1n) is 5.81. The van der Waals surface area contributed by atoms with Crippen molar-refractivity contribution in [1.29, 1.82) is 0 Å². The predicted octanol–water partition coefficient (Wildman–Crippen LogP) is 3.73. The number of para-hydroxylation sites is 1. The van der Waals surface area contributed by atoms with E-state index in [0.29, 0.717) is 5.76 Å². The van der Waals surface area contributed by atoms with Crippen molar-refractivity contribution in [3.63, 3.8) is 0 Å². The summed E-state index contributed by atoms with van der Waals surface area (Å²) in [6.45, 7) is 0. The average Bonchev–Trinajstić information content (AvgIpc) is 2.41. The summed E-state index contributed by atoms with van der Waals surface area (Å²) in [7, 11) is 0. The highest BCUT2D eigenvalue weighted by atomic mass is 32.1. The molecule has 1 aliphatic carbocycles. The predicted molar refractivity (Wildman–Crippen MR) is 75.7 cm³/mol. The first kappa shape index (κ1) is 11.2. The number of hydrogen-bond donors (Lipinski definition) is 0. The van der Waals surface area contributed by atoms with Crippen LogP contribution in [0.5, 0.6) is 5.75 Å². The molecule has 0 spiro atoms. The van der Waals surface area contributed by atoms with Gasteiger partial charge in [-0.25, -0.2) is 0 Å². The normalized spacial score (nSPS) is 13.8. The van der Waals surface area contributed by atoms with Crippen LogP contribution in [-0.4, -0.2) is 4.86 Å². The zero-order valence-corrected chi connectivity index (χ0v) is 10.5. The highest BCUT2D eigenvalue weighted by molar-refractivity contribution is 7.80. The number of hydrogen-bond acceptors (Lipinski definition) is 2. The Hall–Kier alpha value is -1.93. The smallest absolute Gasteiger partial charge is 0.150 e. The molecule has 0 amide bonds. The third-order valence-electron chi connectivity index (χ3n) is 2.83. The van der Waals surface area contributed by atoms with Crippen LogP contribution in [0.2, 0.25) is 0 Å². The fraction of sp³-hybridized carbons (Fsp3) is 0.0625. The Morgan fingerprint density at radius 2 is 1.67 bits per heavy atom. The van der Waals surface area contributed by atoms with Crippen molar-refractivity contribution >= 4 is 17.1 Å². The Kier molecular flexibility index (Phi) is 2.95. The summed E-state index contributed by atoms with van der Waals surface area (Å²) in [5, 5.41) is 0. The van der Waals surface area contributed by atoms with Gasteiger partial charge in [0.1, 0.15) is 11.5 Å². The third-order valence-corrected chi connectivity index (χ3v) is 3.16. The molecule has 3 rings (SSSR count). The standard InChI is InChI=1S/C16H11OS/c18-16-11-13-7-5-4-6-12(13)10-15(16)17-14-8-2-1-3-9-14/h1-9H,11H2. The number of rotatable bonds is 2. The summed E-state index contributed by atoms with van der Waals surface area (Å²) >= 11 is 5.38. The van der Waals surface area contributed by atoms with E-state index < -0.39 is 0 Å². The van der Waals surface area contributed by atoms with E-state index in [-0.39, 0.29) is 0 Å². The van der Waals surface area contributed by atoms with E-state index in [2.05, 4.69) is 12.1 Å². The summed E-state index contributed by atoms with van der Waals surface area (Å²) < 4.78 is 5.79. The lowest BCUT2D eigenvalue weighted by atomic mass is 9.96. The van der Waals surface area contributed by atoms with Crippen LogP contribution in [0.15, 0.2) is 60.4 Å². The van der Waals surface area contributed by atoms with Gasteiger partial charge in [-0.2, -0.15) is 0 Å². The molecular weight excluding hydrogens is 240 g/mol. The average molecular weight is 251 g/mol. The van der Waals surface area contributed by atoms with Gasteiger partial charge in [-0.3, -0.25) is 0 Å². The molecule has 0 saturated carbocycles. The van der Waals surface area contributed by atoms with Gasteiger partial charge in [-0.1, -0.05) is 54.7 Å². The number of fused-ring (bicyclic) bond motifs is 1. The first-order chi connectivity index (χ1) is 8.83. The lowest BCUT2D eigenvalue weighted by Gasteiger charge is -2.17. The van der Waals surface area contributed by atoms with Gasteiger partial charge in [-0.05, 0) is 23.3 Å². The van der Waals surface area contributed by atoms with E-state index in [4.69, 9.17) is 17.0 Å². The fourth-order valence-electron chi connectivity index (χ4n) is 1.93. The van der Waals surface area contributed by atoms with Crippen LogP contribution in [-0.2, 0) is 6.42 Å². The number of allylic oxidation sites excluding steroid dienone is 1. The van der Waals surface area contributed by atoms with Gasteiger partial charge >= 0.3 is 0 Å². The second-order valence-electron chi connectivity index (χ2n) is 4.13. The van der Waals surface area contributed by atoms with Crippen molar-refractivity contribution in [3.8, 4) is 5.75 Å². The van der Waals surface area contributed by atoms with Crippen molar-refractivity contribution in [2.45, 2.75) is 6.42 Å². The summed E-state index contributed by atoms with van der Waals surface area (Å²) in [5.74, 6) is 1.46. The van der Waals surface area contributed by atoms with Crippen molar-refractivity contribution in [2.75, 3.05) is 0 Å². The summed E-state index contributed by atoms with van der Waals surface area (Å²) in [6, 6.07) is 17.8. The van der Waals surface area contributed by atoms with Crippen molar-refractivity contribution in [3.05, 3.63) is 77.6 Å². The molecule has 87 valence electrons. The molecule has 0 bridgehead atoms. The second kappa shape index (κ2) is 4.75. The van der Waals surface area contributed by atoms with Crippen LogP contribution >= 0.6 is 12.2 Å². The van der Waals surface area contributed by atoms with Crippen LogP contribution in [0.3, 0.4) is 0 Å². The topological polar surface area (TPSA) is 9.23 Å². The number of benzene rings is 2. The fourth-order valence-corrected chi connectivity index (χ4v) is 2.18. The zero-order chi connectivity index (χ0) is 12.4. The van der Waals surface area contributed by atoms with E-state index in [1.54, 1.807) is 0 Å². The molecule has 0 atom stereocenters. The highest BCUT2D eigenvalue weighted by Gasteiger charge is 2.17. The Balaban J connectivity index is 1.93. The van der Waals surface area contributed by atoms with Crippen molar-refractivity contribution in [2.24, 2.45) is 0 Å². The Bertz CT molecular complexity index is 614. The maximum atomic E-state index is 5.79. The van der Waals surface area contributed by atoms with Crippen molar-refractivity contribution < 1.29 is 4.74 Å². The molecule has 0 unspecified atom stereocenters. The molecule has 0 saturated heterocycles. The lowest BCUT2D eigenvalue weighted by Crippen LogP contribution is -2.15. The molecule has 1 nitrogen and oxygen atoms in total. The second-order valence-corrected chi connectivity index (χ2v) is 4.62. The van der Waals surface area contributed by atoms with Crippen LogP contribution in [0.1, 0.15) is 11.1 Å². The minimum atomic E-state index is 0.662. The van der Waals surface area contributed by atoms with Crippen LogP contribution in [0, 0.1) is 6.08 Å². The zero-order valence-electron chi connectivity index (χ0n) is 9.72. The quantitative estimate of drug-likeness (QED) is 0.752. The molecule has 18 heavy (non-hydrogen) atoms. The van der Waals surface area contributed by atoms with E-state index in [1.165, 1.54) is 5.56 Å². The van der Waals surface area contributed by atoms with Gasteiger partial charge in [0.25, 0.3) is 0 Å². The largest absolute Gasteiger partial charge is 0.456 e. The Morgan fingerprint density at radius 1 is 0.944 bits per heavy atom. The molecular formula is C16H11OS. The van der Waals surface area contributed by atoms with E-state index in [1.807, 2.05) is 48.5 Å². The Labute approximate surface area is 112 Å². The lowest BCUT2D eigenvalue weighted by molar-refractivity contribution is 0.451. The van der Waals surface area contributed by atoms with Crippen LogP contribution < -0.4 is 4.74 Å². The molecule has 2 aromatic rings. The monoisotopic (exact) mass is 251 g/mol. The molecule has 0 heterocycles. The molecule has 1 aliphatic rings. The van der Waals surface area contributed by atoms with Crippen molar-refractivity contribution in [1.82, 2.24) is 0 Å². The third kappa shape index (κ3) is 2.20. The summed E-state index contributed by atoms with van der Waals surface area (Å²) in [5.41, 5.74) is 2.28. The maximum absolute atomic E-state index is 5.79. The van der Waals surface area contributed by atoms with Gasteiger partial charge in [0.15, 0.2) is 0 Å². The Morgan fingerprint density at radius 3 is 2.50 bits per heavy atom. The van der Waals surface area contributed by atoms with Gasteiger partial charge in [0.2, 0.25) is 0 Å². The van der Waals surface area contributed by atoms with Crippen LogP contribution in [0.4, 0.5) is 0 Å². The minimum absolute atomic E-state index is 0.662. The van der Waals surface area contributed by atoms with Gasteiger partial charge in [0, 0.05) is 12.5 Å².